The molecule has 2 rings (SSSR count). The Labute approximate surface area is 104 Å². The molecular weight excluding hydrogens is 210 g/mol. The summed E-state index contributed by atoms with van der Waals surface area (Å²) >= 11 is 0. The lowest BCUT2D eigenvalue weighted by Crippen LogP contribution is -2.11. The van der Waals surface area contributed by atoms with Crippen molar-refractivity contribution in [3.8, 4) is 5.75 Å². The van der Waals surface area contributed by atoms with E-state index in [0.29, 0.717) is 0 Å². The minimum Gasteiger partial charge on any atom is -0.493 e. The summed E-state index contributed by atoms with van der Waals surface area (Å²) in [5.74, 6) is 1.89. The molecule has 0 radical (unpaired) electrons. The normalized spacial score (nSPS) is 15.4. The summed E-state index contributed by atoms with van der Waals surface area (Å²) < 4.78 is 5.52. The maximum atomic E-state index is 5.52. The Balaban J connectivity index is 1.83. The number of benzene rings is 1. The summed E-state index contributed by atoms with van der Waals surface area (Å²) in [5.41, 5.74) is 2.86. The van der Waals surface area contributed by atoms with Crippen molar-refractivity contribution < 1.29 is 4.74 Å². The van der Waals surface area contributed by atoms with Gasteiger partial charge in [0.2, 0.25) is 0 Å². The first-order valence-electron chi connectivity index (χ1n) is 6.69. The van der Waals surface area contributed by atoms with Crippen LogP contribution < -0.4 is 10.1 Å². The summed E-state index contributed by atoms with van der Waals surface area (Å²) in [6, 6.07) is 6.68. The fraction of sp³-hybridized carbons (Fsp3) is 0.600. The van der Waals surface area contributed by atoms with Gasteiger partial charge in [0.25, 0.3) is 0 Å². The topological polar surface area (TPSA) is 21.3 Å². The number of aryl methyl sites for hydroxylation is 1. The molecule has 1 aliphatic rings. The highest BCUT2D eigenvalue weighted by Crippen LogP contribution is 2.26. The second kappa shape index (κ2) is 6.06. The van der Waals surface area contributed by atoms with E-state index in [1.807, 2.05) is 7.05 Å². The molecule has 0 aliphatic carbocycles. The molecule has 17 heavy (non-hydrogen) atoms. The van der Waals surface area contributed by atoms with Gasteiger partial charge in [-0.3, -0.25) is 0 Å². The van der Waals surface area contributed by atoms with Gasteiger partial charge in [0.15, 0.2) is 0 Å². The fourth-order valence-electron chi connectivity index (χ4n) is 2.34. The van der Waals surface area contributed by atoms with Crippen molar-refractivity contribution in [1.29, 1.82) is 0 Å². The molecule has 1 heterocycles. The van der Waals surface area contributed by atoms with Crippen molar-refractivity contribution in [1.82, 2.24) is 5.32 Å². The lowest BCUT2D eigenvalue weighted by atomic mass is 9.97. The molecule has 1 atom stereocenters. The van der Waals surface area contributed by atoms with Crippen molar-refractivity contribution in [2.75, 3.05) is 20.2 Å². The first-order chi connectivity index (χ1) is 8.29. The van der Waals surface area contributed by atoms with E-state index < -0.39 is 0 Å². The molecule has 2 heteroatoms. The molecule has 0 saturated heterocycles. The van der Waals surface area contributed by atoms with Crippen LogP contribution in [-0.2, 0) is 12.8 Å². The number of hydrogen-bond acceptors (Lipinski definition) is 2. The van der Waals surface area contributed by atoms with Crippen LogP contribution >= 0.6 is 0 Å². The zero-order valence-corrected chi connectivity index (χ0v) is 11.0. The van der Waals surface area contributed by atoms with Crippen LogP contribution in [0.2, 0.25) is 0 Å². The van der Waals surface area contributed by atoms with Gasteiger partial charge in [-0.1, -0.05) is 19.1 Å². The minimum absolute atomic E-state index is 0.798. The molecular formula is C15H23NO. The smallest absolute Gasteiger partial charge is 0.122 e. The van der Waals surface area contributed by atoms with Crippen LogP contribution in [0.3, 0.4) is 0 Å². The van der Waals surface area contributed by atoms with Crippen LogP contribution in [-0.4, -0.2) is 20.2 Å². The van der Waals surface area contributed by atoms with Crippen LogP contribution in [0.15, 0.2) is 18.2 Å². The fourth-order valence-corrected chi connectivity index (χ4v) is 2.34. The van der Waals surface area contributed by atoms with Gasteiger partial charge in [0.05, 0.1) is 6.61 Å². The van der Waals surface area contributed by atoms with Crippen molar-refractivity contribution in [2.24, 2.45) is 5.92 Å². The number of ether oxygens (including phenoxy) is 1. The first kappa shape index (κ1) is 12.4. The molecule has 2 nitrogen and oxygen atoms in total. The molecule has 0 bridgehead atoms. The van der Waals surface area contributed by atoms with Gasteiger partial charge in [-0.05, 0) is 56.0 Å². The highest BCUT2D eigenvalue weighted by Gasteiger charge is 2.12. The predicted octanol–water partition coefficient (Wildman–Crippen LogP) is 2.80. The molecule has 1 aliphatic heterocycles. The molecule has 94 valence electrons. The van der Waals surface area contributed by atoms with Crippen molar-refractivity contribution >= 4 is 0 Å². The number of hydrogen-bond donors (Lipinski definition) is 1. The Morgan fingerprint density at radius 1 is 1.35 bits per heavy atom. The van der Waals surface area contributed by atoms with E-state index in [1.165, 1.54) is 30.4 Å². The minimum atomic E-state index is 0.798. The third-order valence-electron chi connectivity index (χ3n) is 3.57. The second-order valence-electron chi connectivity index (χ2n) is 5.08. The Kier molecular flexibility index (Phi) is 4.43. The molecule has 0 saturated carbocycles. The maximum absolute atomic E-state index is 5.52. The molecule has 1 N–H and O–H groups in total. The molecule has 0 amide bonds. The molecule has 1 unspecified atom stereocenters. The van der Waals surface area contributed by atoms with E-state index in [1.54, 1.807) is 0 Å². The van der Waals surface area contributed by atoms with Gasteiger partial charge in [-0.15, -0.1) is 0 Å². The highest BCUT2D eigenvalue weighted by atomic mass is 16.5. The summed E-state index contributed by atoms with van der Waals surface area (Å²) in [7, 11) is 2.02. The lowest BCUT2D eigenvalue weighted by Gasteiger charge is -2.11. The number of fused-ring (bicyclic) bond motifs is 1. The molecule has 0 fully saturated rings. The Bertz CT molecular complexity index is 362. The van der Waals surface area contributed by atoms with Gasteiger partial charge >= 0.3 is 0 Å². The van der Waals surface area contributed by atoms with Gasteiger partial charge in [-0.2, -0.15) is 0 Å². The van der Waals surface area contributed by atoms with Gasteiger partial charge in [-0.25, -0.2) is 0 Å². The van der Waals surface area contributed by atoms with E-state index in [9.17, 15) is 0 Å². The van der Waals surface area contributed by atoms with E-state index in [4.69, 9.17) is 4.74 Å². The highest BCUT2D eigenvalue weighted by molar-refractivity contribution is 5.39. The zero-order chi connectivity index (χ0) is 12.1. The average molecular weight is 233 g/mol. The molecule has 0 spiro atoms. The van der Waals surface area contributed by atoms with Crippen molar-refractivity contribution in [3.05, 3.63) is 29.3 Å². The Morgan fingerprint density at radius 3 is 3.06 bits per heavy atom. The maximum Gasteiger partial charge on any atom is 0.122 e. The molecule has 0 aromatic heterocycles. The van der Waals surface area contributed by atoms with Crippen LogP contribution in [0.1, 0.15) is 30.9 Å². The third-order valence-corrected chi connectivity index (χ3v) is 3.57. The first-order valence-corrected chi connectivity index (χ1v) is 6.69. The molecule has 1 aromatic rings. The summed E-state index contributed by atoms with van der Waals surface area (Å²) in [4.78, 5) is 0. The zero-order valence-electron chi connectivity index (χ0n) is 11.0. The monoisotopic (exact) mass is 233 g/mol. The lowest BCUT2D eigenvalue weighted by molar-refractivity contribution is 0.357. The number of rotatable bonds is 6. The Morgan fingerprint density at radius 2 is 2.24 bits per heavy atom. The predicted molar refractivity (Wildman–Crippen MR) is 71.7 cm³/mol. The van der Waals surface area contributed by atoms with Crippen molar-refractivity contribution in [3.63, 3.8) is 0 Å². The van der Waals surface area contributed by atoms with Gasteiger partial charge in [0, 0.05) is 6.42 Å². The summed E-state index contributed by atoms with van der Waals surface area (Å²) in [6.07, 6.45) is 4.82. The van der Waals surface area contributed by atoms with Crippen LogP contribution in [0.5, 0.6) is 5.75 Å². The average Bonchev–Trinajstić information content (AvgIpc) is 2.81. The largest absolute Gasteiger partial charge is 0.493 e. The van der Waals surface area contributed by atoms with E-state index >= 15 is 0 Å². The van der Waals surface area contributed by atoms with Gasteiger partial charge < -0.3 is 10.1 Å². The summed E-state index contributed by atoms with van der Waals surface area (Å²) in [5, 5.41) is 3.21. The SMILES string of the molecule is CNCCC(C)CCc1ccc2c(c1)CCO2. The van der Waals surface area contributed by atoms with Crippen LogP contribution in [0.4, 0.5) is 0 Å². The van der Waals surface area contributed by atoms with Crippen molar-refractivity contribution in [2.45, 2.75) is 32.6 Å². The Hall–Kier alpha value is -1.02. The van der Waals surface area contributed by atoms with Gasteiger partial charge in [0.1, 0.15) is 5.75 Å². The second-order valence-corrected chi connectivity index (χ2v) is 5.08. The van der Waals surface area contributed by atoms with E-state index in [0.717, 1.165) is 31.2 Å². The molecule has 1 aromatic carbocycles. The van der Waals surface area contributed by atoms with E-state index in [2.05, 4.69) is 30.4 Å². The summed E-state index contributed by atoms with van der Waals surface area (Å²) in [6.45, 7) is 4.32. The quantitative estimate of drug-likeness (QED) is 0.816. The standard InChI is InChI=1S/C15H23NO/c1-12(7-9-16-2)3-4-13-5-6-15-14(11-13)8-10-17-15/h5-6,11-12,16H,3-4,7-10H2,1-2H3. The van der Waals surface area contributed by atoms with Crippen LogP contribution in [0.25, 0.3) is 0 Å². The third kappa shape index (κ3) is 3.47. The van der Waals surface area contributed by atoms with E-state index in [-0.39, 0.29) is 0 Å². The number of nitrogens with one attached hydrogen (secondary N) is 1. The van der Waals surface area contributed by atoms with Crippen LogP contribution in [0, 0.1) is 5.92 Å².